The number of rotatable bonds is 6. The fraction of sp³-hybridized carbons (Fsp3) is 0.588. The van der Waals surface area contributed by atoms with Gasteiger partial charge >= 0.3 is 6.01 Å². The summed E-state index contributed by atoms with van der Waals surface area (Å²) in [5, 5.41) is 0.939. The van der Waals surface area contributed by atoms with Crippen molar-refractivity contribution >= 4 is 40.6 Å². The fourth-order valence-electron chi connectivity index (χ4n) is 8.50. The molecule has 1 aromatic heterocycles. The van der Waals surface area contributed by atoms with Crippen LogP contribution in [-0.4, -0.2) is 108 Å². The molecule has 0 radical (unpaired) electrons. The number of likely N-dealkylation sites (N-methyl/N-ethyl adjacent to an activating group) is 2. The first-order valence-electron chi connectivity index (χ1n) is 16.6. The van der Waals surface area contributed by atoms with Crippen LogP contribution in [0.4, 0.5) is 10.2 Å². The quantitative estimate of drug-likeness (QED) is 0.455. The van der Waals surface area contributed by atoms with Gasteiger partial charge in [0.25, 0.3) is 5.91 Å². The predicted molar refractivity (Wildman–Crippen MR) is 182 cm³/mol. The van der Waals surface area contributed by atoms with E-state index in [0.29, 0.717) is 63.9 Å². The Labute approximate surface area is 285 Å². The number of ether oxygens (including phenoxy) is 1. The Hall–Kier alpha value is -2.99. The van der Waals surface area contributed by atoms with Crippen molar-refractivity contribution in [2.75, 3.05) is 65.4 Å². The number of anilines is 1. The number of nitrogens with two attached hydrogens (primary N) is 1. The van der Waals surface area contributed by atoms with Crippen LogP contribution in [0.5, 0.6) is 6.01 Å². The molecule has 3 atom stereocenters. The van der Waals surface area contributed by atoms with E-state index in [1.165, 1.54) is 16.0 Å². The zero-order valence-corrected chi connectivity index (χ0v) is 28.9. The minimum atomic E-state index is -0.846. The monoisotopic (exact) mass is 684 g/mol. The average molecular weight is 686 g/mol. The molecule has 2 saturated heterocycles. The van der Waals surface area contributed by atoms with Gasteiger partial charge in [-0.05, 0) is 62.9 Å². The molecule has 1 amide bonds. The first-order valence-corrected chi connectivity index (χ1v) is 17.3. The molecule has 252 valence electrons. The molecule has 0 saturated carbocycles. The average Bonchev–Trinajstić information content (AvgIpc) is 3.63. The summed E-state index contributed by atoms with van der Waals surface area (Å²) >= 11 is 13.6. The van der Waals surface area contributed by atoms with Gasteiger partial charge in [-0.25, -0.2) is 4.39 Å². The third-order valence-electron chi connectivity index (χ3n) is 10.9. The van der Waals surface area contributed by atoms with Crippen molar-refractivity contribution < 1.29 is 13.9 Å². The molecule has 10 nitrogen and oxygen atoms in total. The molecule has 1 aliphatic carbocycles. The second kappa shape index (κ2) is 12.5. The van der Waals surface area contributed by atoms with Gasteiger partial charge in [-0.2, -0.15) is 9.97 Å². The van der Waals surface area contributed by atoms with Crippen molar-refractivity contribution in [3.63, 3.8) is 0 Å². The maximum absolute atomic E-state index is 14.6. The Kier molecular flexibility index (Phi) is 8.64. The van der Waals surface area contributed by atoms with Crippen molar-refractivity contribution in [1.82, 2.24) is 24.7 Å². The Bertz CT molecular complexity index is 1650. The Morgan fingerprint density at radius 2 is 2.02 bits per heavy atom. The number of aryl methyl sites for hydroxylation is 1. The summed E-state index contributed by atoms with van der Waals surface area (Å²) in [6, 6.07) is 6.47. The largest absolute Gasteiger partial charge is 0.461 e. The molecule has 2 fully saturated rings. The van der Waals surface area contributed by atoms with Gasteiger partial charge in [-0.15, -0.1) is 0 Å². The third kappa shape index (κ3) is 5.66. The van der Waals surface area contributed by atoms with E-state index < -0.39 is 6.17 Å². The Morgan fingerprint density at radius 3 is 2.83 bits per heavy atom. The van der Waals surface area contributed by atoms with Crippen molar-refractivity contribution in [1.29, 1.82) is 0 Å². The maximum atomic E-state index is 14.6. The van der Waals surface area contributed by atoms with E-state index in [0.717, 1.165) is 60.7 Å². The molecule has 5 aliphatic rings. The summed E-state index contributed by atoms with van der Waals surface area (Å²) in [5.41, 5.74) is 10.5. The Balaban J connectivity index is 1.27. The summed E-state index contributed by atoms with van der Waals surface area (Å²) in [6.45, 7) is 3.85. The number of aromatic nitrogens is 2. The summed E-state index contributed by atoms with van der Waals surface area (Å²) in [6.07, 6.45) is 4.87. The molecule has 47 heavy (non-hydrogen) atoms. The lowest BCUT2D eigenvalue weighted by Gasteiger charge is -2.45. The molecule has 1 unspecified atom stereocenters. The highest BCUT2D eigenvalue weighted by Gasteiger charge is 2.50. The maximum Gasteiger partial charge on any atom is 0.318 e. The summed E-state index contributed by atoms with van der Waals surface area (Å²) in [5.74, 6) is 0.394. The van der Waals surface area contributed by atoms with E-state index in [1.807, 2.05) is 12.1 Å². The number of nitrogens with zero attached hydrogens (tertiary/aromatic N) is 7. The smallest absolute Gasteiger partial charge is 0.318 e. The minimum absolute atomic E-state index is 0.0347. The summed E-state index contributed by atoms with van der Waals surface area (Å²) < 4.78 is 21.1. The molecule has 7 rings (SSSR count). The zero-order chi connectivity index (χ0) is 33.1. The van der Waals surface area contributed by atoms with E-state index >= 15 is 0 Å². The molecule has 0 bridgehead atoms. The molecule has 1 aromatic carbocycles. The molecule has 4 aliphatic heterocycles. The topological polar surface area (TPSA) is 103 Å². The number of amides is 1. The fourth-order valence-corrected chi connectivity index (χ4v) is 9.07. The molecule has 13 heteroatoms. The minimum Gasteiger partial charge on any atom is -0.461 e. The van der Waals surface area contributed by atoms with Gasteiger partial charge in [0.2, 0.25) is 0 Å². The second-order valence-corrected chi connectivity index (χ2v) is 14.8. The number of carbonyl (C=O) groups excluding carboxylic acids is 1. The van der Waals surface area contributed by atoms with Crippen LogP contribution in [-0.2, 0) is 29.7 Å². The number of aliphatic imine (C=N–C) groups is 1. The lowest BCUT2D eigenvalue weighted by molar-refractivity contribution is -0.124. The molecule has 5 heterocycles. The van der Waals surface area contributed by atoms with Gasteiger partial charge in [-0.3, -0.25) is 19.6 Å². The van der Waals surface area contributed by atoms with Crippen LogP contribution in [0.2, 0.25) is 5.02 Å². The number of benzene rings is 1. The Morgan fingerprint density at radius 1 is 1.19 bits per heavy atom. The van der Waals surface area contributed by atoms with E-state index in [4.69, 9.17) is 48.6 Å². The van der Waals surface area contributed by atoms with Crippen LogP contribution in [0.3, 0.4) is 0 Å². The van der Waals surface area contributed by atoms with Crippen LogP contribution >= 0.6 is 23.2 Å². The van der Waals surface area contributed by atoms with E-state index in [-0.39, 0.29) is 27.7 Å². The summed E-state index contributed by atoms with van der Waals surface area (Å²) in [4.78, 5) is 35.7. The number of alkyl halides is 1. The third-order valence-corrected chi connectivity index (χ3v) is 11.6. The van der Waals surface area contributed by atoms with E-state index in [2.05, 4.69) is 27.8 Å². The van der Waals surface area contributed by atoms with E-state index in [1.54, 1.807) is 14.1 Å². The number of hydrogen-bond donors (Lipinski definition) is 1. The number of carbonyl (C=O) groups is 1. The predicted octanol–water partition coefficient (Wildman–Crippen LogP) is 4.06. The van der Waals surface area contributed by atoms with E-state index in [9.17, 15) is 9.18 Å². The summed E-state index contributed by atoms with van der Waals surface area (Å²) in [7, 11) is 5.43. The van der Waals surface area contributed by atoms with Crippen LogP contribution in [0.15, 0.2) is 33.9 Å². The van der Waals surface area contributed by atoms with Crippen molar-refractivity contribution in [3.8, 4) is 6.01 Å². The molecule has 1 spiro atoms. The standard InChI is InChI=1S/C34H43Cl2FN8O2/c1-42(2)31(46)29(38)28(36)26-19-44(13-6-12-39-26)30-23-18-43(3)34(11-9-21-7-4-8-24(35)27(21)34)16-25(23)40-32(41-30)47-20-33-10-5-14-45(33)17-22(37)15-33/h4,7-8,22H,5-6,9-20,38H2,1-3H3/t22?,33-,34-/m0/s1. The highest BCUT2D eigenvalue weighted by atomic mass is 35.5. The van der Waals surface area contributed by atoms with Crippen LogP contribution in [0, 0.1) is 0 Å². The van der Waals surface area contributed by atoms with Crippen LogP contribution in [0.25, 0.3) is 0 Å². The van der Waals surface area contributed by atoms with Crippen molar-refractivity contribution in [2.24, 2.45) is 10.7 Å². The van der Waals surface area contributed by atoms with Gasteiger partial charge < -0.3 is 20.3 Å². The highest BCUT2D eigenvalue weighted by Crippen LogP contribution is 2.50. The van der Waals surface area contributed by atoms with Crippen LogP contribution in [0.1, 0.15) is 54.5 Å². The van der Waals surface area contributed by atoms with Gasteiger partial charge in [0.05, 0.1) is 34.1 Å². The zero-order valence-electron chi connectivity index (χ0n) is 27.4. The first-order chi connectivity index (χ1) is 22.5. The lowest BCUT2D eigenvalue weighted by Crippen LogP contribution is -2.48. The number of fused-ring (bicyclic) bond motifs is 4. The first kappa shape index (κ1) is 32.6. The van der Waals surface area contributed by atoms with Crippen molar-refractivity contribution in [2.45, 2.75) is 68.7 Å². The second-order valence-electron chi connectivity index (χ2n) is 14.0. The molecule has 2 N–H and O–H groups in total. The number of hydrogen-bond acceptors (Lipinski definition) is 9. The van der Waals surface area contributed by atoms with Crippen LogP contribution < -0.4 is 15.4 Å². The van der Waals surface area contributed by atoms with Gasteiger partial charge in [0.15, 0.2) is 0 Å². The molecule has 2 aromatic rings. The normalized spacial score (nSPS) is 28.0. The molecular weight excluding hydrogens is 642 g/mol. The van der Waals surface area contributed by atoms with Gasteiger partial charge in [0, 0.05) is 63.7 Å². The van der Waals surface area contributed by atoms with Gasteiger partial charge in [-0.1, -0.05) is 35.3 Å². The highest BCUT2D eigenvalue weighted by molar-refractivity contribution is 6.45. The van der Waals surface area contributed by atoms with Gasteiger partial charge in [0.1, 0.15) is 24.3 Å². The SMILES string of the molecule is CN(C)C(=O)C(N)=C(Cl)C1=NCCCN(c2nc(OC[C@@]34CCCN3CC(F)C4)nc3c2CN(C)[C@@]2(CCc4cccc(Cl)c42)C3)C1. The molecular formula is C34H43Cl2FN8O2. The lowest BCUT2D eigenvalue weighted by atomic mass is 9.81. The van der Waals surface area contributed by atoms with Crippen molar-refractivity contribution in [3.05, 3.63) is 56.3 Å². The number of halogens is 3.